The summed E-state index contributed by atoms with van der Waals surface area (Å²) < 4.78 is 19.6. The molecule has 36 heavy (non-hydrogen) atoms. The monoisotopic (exact) mass is 491 g/mol. The van der Waals surface area contributed by atoms with Gasteiger partial charge in [-0.1, -0.05) is 42.5 Å². The maximum absolute atomic E-state index is 13.5. The Balaban J connectivity index is 1.35. The fourth-order valence-corrected chi connectivity index (χ4v) is 5.17. The Bertz CT molecular complexity index is 1100. The Hall–Kier alpha value is -3.19. The standard InChI is InChI=1S/C29H34FN3O3/c30-25-9-7-21(8-10-25)17-32-18-24-4-1-2-6-27(24)36-15-3-5-23-19-33(29(35)20-32)14-13-22(23)16-28(34)31-26-11-12-26/h1-10,22-23,26H,11-20H2,(H,31,34)/b5-3-/t22-,23-/m0/s1. The minimum absolute atomic E-state index is 0.0778. The number of para-hydroxylation sites is 1. The summed E-state index contributed by atoms with van der Waals surface area (Å²) in [6, 6.07) is 14.7. The SMILES string of the molecule is O=C(C[C@@H]1CCN2C[C@@H]1/C=C\COc1ccccc1CN(Cc1ccc(F)cc1)CC2=O)NC1CC1. The van der Waals surface area contributed by atoms with E-state index in [0.717, 1.165) is 36.1 Å². The number of piperidine rings is 1. The van der Waals surface area contributed by atoms with E-state index in [2.05, 4.69) is 16.3 Å². The highest BCUT2D eigenvalue weighted by atomic mass is 19.1. The fraction of sp³-hybridized carbons (Fsp3) is 0.448. The molecule has 2 aliphatic heterocycles. The van der Waals surface area contributed by atoms with Crippen molar-refractivity contribution in [1.29, 1.82) is 0 Å². The molecule has 1 aliphatic carbocycles. The number of hydrogen-bond donors (Lipinski definition) is 1. The molecule has 0 radical (unpaired) electrons. The molecule has 0 aromatic heterocycles. The van der Waals surface area contributed by atoms with E-state index in [1.807, 2.05) is 35.2 Å². The Morgan fingerprint density at radius 2 is 1.86 bits per heavy atom. The van der Waals surface area contributed by atoms with Crippen LogP contribution in [-0.2, 0) is 22.7 Å². The van der Waals surface area contributed by atoms with Gasteiger partial charge in [0.25, 0.3) is 0 Å². The number of fused-ring (bicyclic) bond motifs is 3. The maximum Gasteiger partial charge on any atom is 0.236 e. The highest BCUT2D eigenvalue weighted by molar-refractivity contribution is 5.79. The summed E-state index contributed by atoms with van der Waals surface area (Å²) in [7, 11) is 0. The molecule has 190 valence electrons. The molecule has 2 aromatic rings. The van der Waals surface area contributed by atoms with Crippen LogP contribution in [0.4, 0.5) is 4.39 Å². The third-order valence-corrected chi connectivity index (χ3v) is 7.31. The second-order valence-corrected chi connectivity index (χ2v) is 10.2. The molecule has 3 aliphatic rings. The van der Waals surface area contributed by atoms with Crippen molar-refractivity contribution in [2.24, 2.45) is 11.8 Å². The van der Waals surface area contributed by atoms with Gasteiger partial charge in [0.05, 0.1) is 6.54 Å². The predicted octanol–water partition coefficient (Wildman–Crippen LogP) is 3.91. The van der Waals surface area contributed by atoms with E-state index in [-0.39, 0.29) is 36.0 Å². The Kier molecular flexibility index (Phi) is 7.66. The van der Waals surface area contributed by atoms with Crippen LogP contribution in [-0.4, -0.2) is 53.9 Å². The van der Waals surface area contributed by atoms with Crippen LogP contribution in [0.25, 0.3) is 0 Å². The van der Waals surface area contributed by atoms with E-state index in [1.165, 1.54) is 12.1 Å². The lowest BCUT2D eigenvalue weighted by Gasteiger charge is -2.38. The van der Waals surface area contributed by atoms with Crippen LogP contribution < -0.4 is 10.1 Å². The van der Waals surface area contributed by atoms with Crippen molar-refractivity contribution < 1.29 is 18.7 Å². The topological polar surface area (TPSA) is 61.9 Å². The van der Waals surface area contributed by atoms with Crippen LogP contribution >= 0.6 is 0 Å². The number of carbonyl (C=O) groups excluding carboxylic acids is 2. The summed E-state index contributed by atoms with van der Waals surface area (Å²) in [5.41, 5.74) is 1.96. The molecule has 2 aromatic carbocycles. The lowest BCUT2D eigenvalue weighted by Crippen LogP contribution is -2.47. The molecule has 5 rings (SSSR count). The van der Waals surface area contributed by atoms with Gasteiger partial charge in [-0.25, -0.2) is 4.39 Å². The van der Waals surface area contributed by atoms with Gasteiger partial charge >= 0.3 is 0 Å². The molecule has 2 amide bonds. The number of carbonyl (C=O) groups is 2. The number of halogens is 1. The van der Waals surface area contributed by atoms with Gasteiger partial charge in [0.2, 0.25) is 11.8 Å². The highest BCUT2D eigenvalue weighted by Gasteiger charge is 2.33. The molecular formula is C29H34FN3O3. The number of benzene rings is 2. The molecule has 0 unspecified atom stereocenters. The van der Waals surface area contributed by atoms with Gasteiger partial charge in [-0.2, -0.15) is 0 Å². The average Bonchev–Trinajstić information content (AvgIpc) is 3.68. The zero-order valence-corrected chi connectivity index (χ0v) is 20.6. The van der Waals surface area contributed by atoms with Crippen LogP contribution in [0.1, 0.15) is 36.8 Å². The second-order valence-electron chi connectivity index (χ2n) is 10.2. The quantitative estimate of drug-likeness (QED) is 0.645. The van der Waals surface area contributed by atoms with Crippen LogP contribution in [0.15, 0.2) is 60.7 Å². The molecule has 1 N–H and O–H groups in total. The lowest BCUT2D eigenvalue weighted by molar-refractivity contribution is -0.135. The molecule has 7 heteroatoms. The van der Waals surface area contributed by atoms with Gasteiger partial charge in [0, 0.05) is 44.2 Å². The first-order chi connectivity index (χ1) is 17.5. The average molecular weight is 492 g/mol. The van der Waals surface area contributed by atoms with Crippen LogP contribution in [0.2, 0.25) is 0 Å². The molecule has 0 spiro atoms. The maximum atomic E-state index is 13.5. The Labute approximate surface area is 212 Å². The van der Waals surface area contributed by atoms with E-state index >= 15 is 0 Å². The van der Waals surface area contributed by atoms with Gasteiger partial charge < -0.3 is 15.0 Å². The minimum Gasteiger partial charge on any atom is -0.489 e. The molecule has 2 bridgehead atoms. The summed E-state index contributed by atoms with van der Waals surface area (Å²) in [4.78, 5) is 30.0. The van der Waals surface area contributed by atoms with Crippen molar-refractivity contribution in [1.82, 2.24) is 15.1 Å². The first-order valence-electron chi connectivity index (χ1n) is 12.9. The van der Waals surface area contributed by atoms with Gasteiger partial charge in [0.1, 0.15) is 18.2 Å². The van der Waals surface area contributed by atoms with Crippen LogP contribution in [0.3, 0.4) is 0 Å². The lowest BCUT2D eigenvalue weighted by atomic mass is 9.82. The number of ether oxygens (including phenoxy) is 1. The highest BCUT2D eigenvalue weighted by Crippen LogP contribution is 2.30. The van der Waals surface area contributed by atoms with Crippen molar-refractivity contribution in [3.05, 3.63) is 77.6 Å². The number of nitrogens with zero attached hydrogens (tertiary/aromatic N) is 2. The summed E-state index contributed by atoms with van der Waals surface area (Å²) in [5.74, 6) is 1.03. The third-order valence-electron chi connectivity index (χ3n) is 7.31. The smallest absolute Gasteiger partial charge is 0.236 e. The first kappa shape index (κ1) is 24.5. The number of amides is 2. The first-order valence-corrected chi connectivity index (χ1v) is 12.9. The van der Waals surface area contributed by atoms with E-state index in [9.17, 15) is 14.0 Å². The molecule has 2 fully saturated rings. The van der Waals surface area contributed by atoms with Crippen molar-refractivity contribution in [3.63, 3.8) is 0 Å². The third kappa shape index (κ3) is 6.52. The van der Waals surface area contributed by atoms with E-state index in [4.69, 9.17) is 4.74 Å². The predicted molar refractivity (Wildman–Crippen MR) is 136 cm³/mol. The van der Waals surface area contributed by atoms with Crippen molar-refractivity contribution in [2.45, 2.75) is 44.8 Å². The number of hydrogen-bond acceptors (Lipinski definition) is 4. The Morgan fingerprint density at radius 1 is 1.06 bits per heavy atom. The number of nitrogens with one attached hydrogen (secondary N) is 1. The van der Waals surface area contributed by atoms with E-state index < -0.39 is 0 Å². The van der Waals surface area contributed by atoms with E-state index in [1.54, 1.807) is 12.1 Å². The van der Waals surface area contributed by atoms with Gasteiger partial charge in [-0.3, -0.25) is 14.5 Å². The fourth-order valence-electron chi connectivity index (χ4n) is 5.17. The van der Waals surface area contributed by atoms with Crippen molar-refractivity contribution in [3.8, 4) is 5.75 Å². The molecule has 2 heterocycles. The molecule has 1 saturated carbocycles. The minimum atomic E-state index is -0.272. The molecule has 2 atom stereocenters. The summed E-state index contributed by atoms with van der Waals surface area (Å²) >= 11 is 0. The van der Waals surface area contributed by atoms with Crippen molar-refractivity contribution >= 4 is 11.8 Å². The van der Waals surface area contributed by atoms with Crippen molar-refractivity contribution in [2.75, 3.05) is 26.2 Å². The number of rotatable bonds is 5. The normalized spacial score (nSPS) is 23.9. The zero-order valence-electron chi connectivity index (χ0n) is 20.6. The van der Waals surface area contributed by atoms with Crippen LogP contribution in [0.5, 0.6) is 5.75 Å². The molecule has 1 saturated heterocycles. The van der Waals surface area contributed by atoms with Gasteiger partial charge in [-0.05, 0) is 54.9 Å². The summed E-state index contributed by atoms with van der Waals surface area (Å²) in [5, 5.41) is 3.11. The molecule has 6 nitrogen and oxygen atoms in total. The summed E-state index contributed by atoms with van der Waals surface area (Å²) in [6.45, 7) is 3.02. The van der Waals surface area contributed by atoms with Gasteiger partial charge in [-0.15, -0.1) is 0 Å². The molecular weight excluding hydrogens is 457 g/mol. The van der Waals surface area contributed by atoms with Crippen LogP contribution in [0, 0.1) is 17.7 Å². The van der Waals surface area contributed by atoms with Gasteiger partial charge in [0.15, 0.2) is 0 Å². The largest absolute Gasteiger partial charge is 0.489 e. The second kappa shape index (κ2) is 11.2. The zero-order chi connectivity index (χ0) is 24.9. The Morgan fingerprint density at radius 3 is 2.67 bits per heavy atom. The summed E-state index contributed by atoms with van der Waals surface area (Å²) in [6.07, 6.45) is 7.61. The van der Waals surface area contributed by atoms with E-state index in [0.29, 0.717) is 45.2 Å².